The molecule has 0 nitrogen and oxygen atoms in total. The zero-order chi connectivity index (χ0) is 14.8. The predicted octanol–water partition coefficient (Wildman–Crippen LogP) is 5.79. The van der Waals surface area contributed by atoms with E-state index in [9.17, 15) is 0 Å². The molecule has 0 heteroatoms. The summed E-state index contributed by atoms with van der Waals surface area (Å²) in [4.78, 5) is 0. The molecule has 0 saturated carbocycles. The number of hydrogen-bond donors (Lipinski definition) is 0. The highest BCUT2D eigenvalue weighted by Crippen LogP contribution is 2.23. The van der Waals surface area contributed by atoms with Gasteiger partial charge < -0.3 is 0 Å². The van der Waals surface area contributed by atoms with E-state index in [1.165, 1.54) is 36.8 Å². The minimum Gasteiger partial charge on any atom is -0.102 e. The molecule has 0 radical (unpaired) electrons. The molecule has 0 saturated heterocycles. The average Bonchev–Trinajstić information content (AvgIpc) is 2.56. The van der Waals surface area contributed by atoms with Crippen molar-refractivity contribution in [2.45, 2.75) is 44.9 Å². The van der Waals surface area contributed by atoms with Crippen LogP contribution in [0.25, 0.3) is 0 Å². The third-order valence-corrected chi connectivity index (χ3v) is 3.67. The van der Waals surface area contributed by atoms with Gasteiger partial charge in [-0.25, -0.2) is 0 Å². The molecule has 0 N–H and O–H groups in total. The standard InChI is InChI=1S/C21H24/c1-2-3-4-5-6-13-18-21(19-14-9-7-10-15-19)20-16-11-8-12-17-20/h7-12,14-17,21H,2-6H2,1H3. The molecule has 2 aromatic carbocycles. The van der Waals surface area contributed by atoms with Gasteiger partial charge in [-0.05, 0) is 17.5 Å². The molecule has 108 valence electrons. The molecule has 0 aliphatic carbocycles. The summed E-state index contributed by atoms with van der Waals surface area (Å²) >= 11 is 0. The lowest BCUT2D eigenvalue weighted by Crippen LogP contribution is -1.97. The fourth-order valence-electron chi connectivity index (χ4n) is 2.46. The highest BCUT2D eigenvalue weighted by molar-refractivity contribution is 5.40. The van der Waals surface area contributed by atoms with Crippen molar-refractivity contribution in [1.82, 2.24) is 0 Å². The first-order chi connectivity index (χ1) is 10.4. The summed E-state index contributed by atoms with van der Waals surface area (Å²) in [6, 6.07) is 21.2. The molecule has 0 amide bonds. The summed E-state index contributed by atoms with van der Waals surface area (Å²) in [6.45, 7) is 2.24. The molecular weight excluding hydrogens is 252 g/mol. The lowest BCUT2D eigenvalue weighted by molar-refractivity contribution is 0.679. The van der Waals surface area contributed by atoms with Gasteiger partial charge >= 0.3 is 0 Å². The van der Waals surface area contributed by atoms with E-state index in [-0.39, 0.29) is 5.92 Å². The van der Waals surface area contributed by atoms with Crippen LogP contribution in [0.4, 0.5) is 0 Å². The molecule has 2 rings (SSSR count). The van der Waals surface area contributed by atoms with Crippen LogP contribution >= 0.6 is 0 Å². The maximum Gasteiger partial charge on any atom is 0.0702 e. The number of unbranched alkanes of at least 4 members (excludes halogenated alkanes) is 4. The molecule has 0 unspecified atom stereocenters. The van der Waals surface area contributed by atoms with Gasteiger partial charge in [-0.2, -0.15) is 0 Å². The Morgan fingerprint density at radius 2 is 1.33 bits per heavy atom. The zero-order valence-corrected chi connectivity index (χ0v) is 12.9. The van der Waals surface area contributed by atoms with Crippen LogP contribution in [-0.2, 0) is 0 Å². The van der Waals surface area contributed by atoms with E-state index in [0.717, 1.165) is 6.42 Å². The topological polar surface area (TPSA) is 0 Å². The maximum atomic E-state index is 3.48. The van der Waals surface area contributed by atoms with E-state index in [1.54, 1.807) is 0 Å². The van der Waals surface area contributed by atoms with Crippen molar-refractivity contribution in [3.8, 4) is 11.8 Å². The third kappa shape index (κ3) is 5.12. The summed E-state index contributed by atoms with van der Waals surface area (Å²) in [5.41, 5.74) is 2.56. The number of benzene rings is 2. The second-order valence-electron chi connectivity index (χ2n) is 5.39. The van der Waals surface area contributed by atoms with Crippen LogP contribution in [0, 0.1) is 11.8 Å². The highest BCUT2D eigenvalue weighted by atomic mass is 14.1. The molecule has 0 aliphatic heterocycles. The molecule has 0 aromatic heterocycles. The zero-order valence-electron chi connectivity index (χ0n) is 12.9. The largest absolute Gasteiger partial charge is 0.102 e. The van der Waals surface area contributed by atoms with Crippen molar-refractivity contribution >= 4 is 0 Å². The van der Waals surface area contributed by atoms with Crippen molar-refractivity contribution in [3.05, 3.63) is 71.8 Å². The van der Waals surface area contributed by atoms with Crippen LogP contribution < -0.4 is 0 Å². The first-order valence-electron chi connectivity index (χ1n) is 8.00. The van der Waals surface area contributed by atoms with Crippen molar-refractivity contribution in [1.29, 1.82) is 0 Å². The lowest BCUT2D eigenvalue weighted by Gasteiger charge is -2.11. The normalized spacial score (nSPS) is 10.2. The molecule has 2 aromatic rings. The van der Waals surface area contributed by atoms with Crippen molar-refractivity contribution in [2.75, 3.05) is 0 Å². The van der Waals surface area contributed by atoms with Gasteiger partial charge in [-0.1, -0.05) is 92.8 Å². The van der Waals surface area contributed by atoms with Gasteiger partial charge in [0.05, 0.1) is 5.92 Å². The first kappa shape index (κ1) is 15.4. The Hall–Kier alpha value is -2.00. The minimum atomic E-state index is 0.193. The van der Waals surface area contributed by atoms with E-state index >= 15 is 0 Å². The van der Waals surface area contributed by atoms with E-state index in [1.807, 2.05) is 0 Å². The summed E-state index contributed by atoms with van der Waals surface area (Å²) in [5.74, 6) is 7.06. The minimum absolute atomic E-state index is 0.193. The fraction of sp³-hybridized carbons (Fsp3) is 0.333. The van der Waals surface area contributed by atoms with Crippen LogP contribution in [-0.4, -0.2) is 0 Å². The fourth-order valence-corrected chi connectivity index (χ4v) is 2.46. The van der Waals surface area contributed by atoms with Crippen LogP contribution in [0.3, 0.4) is 0 Å². The van der Waals surface area contributed by atoms with E-state index in [2.05, 4.69) is 79.4 Å². The monoisotopic (exact) mass is 276 g/mol. The second-order valence-corrected chi connectivity index (χ2v) is 5.39. The summed E-state index contributed by atoms with van der Waals surface area (Å²) in [7, 11) is 0. The summed E-state index contributed by atoms with van der Waals surface area (Å²) < 4.78 is 0. The van der Waals surface area contributed by atoms with Gasteiger partial charge in [0.25, 0.3) is 0 Å². The van der Waals surface area contributed by atoms with E-state index in [4.69, 9.17) is 0 Å². The van der Waals surface area contributed by atoms with Crippen molar-refractivity contribution in [2.24, 2.45) is 0 Å². The maximum absolute atomic E-state index is 3.48. The van der Waals surface area contributed by atoms with Gasteiger partial charge in [0.15, 0.2) is 0 Å². The SMILES string of the molecule is CCCCCCC#CC(c1ccccc1)c1ccccc1. The Morgan fingerprint density at radius 1 is 0.762 bits per heavy atom. The first-order valence-corrected chi connectivity index (χ1v) is 8.00. The van der Waals surface area contributed by atoms with Gasteiger partial charge in [0, 0.05) is 6.42 Å². The quantitative estimate of drug-likeness (QED) is 0.462. The smallest absolute Gasteiger partial charge is 0.0702 e. The van der Waals surface area contributed by atoms with Gasteiger partial charge in [-0.15, -0.1) is 5.92 Å². The molecule has 0 spiro atoms. The second kappa shape index (κ2) is 9.03. The lowest BCUT2D eigenvalue weighted by atomic mass is 9.92. The van der Waals surface area contributed by atoms with Crippen LogP contribution in [0.5, 0.6) is 0 Å². The molecular formula is C21H24. The Balaban J connectivity index is 2.09. The van der Waals surface area contributed by atoms with Crippen LogP contribution in [0.1, 0.15) is 56.1 Å². The van der Waals surface area contributed by atoms with E-state index in [0.29, 0.717) is 0 Å². The van der Waals surface area contributed by atoms with Gasteiger partial charge in [0.2, 0.25) is 0 Å². The average molecular weight is 276 g/mol. The Labute approximate surface area is 129 Å². The molecule has 21 heavy (non-hydrogen) atoms. The molecule has 0 atom stereocenters. The number of rotatable bonds is 6. The molecule has 0 bridgehead atoms. The van der Waals surface area contributed by atoms with Gasteiger partial charge in [0.1, 0.15) is 0 Å². The molecule has 0 aliphatic rings. The van der Waals surface area contributed by atoms with Crippen molar-refractivity contribution in [3.63, 3.8) is 0 Å². The summed E-state index contributed by atoms with van der Waals surface area (Å²) in [6.07, 6.45) is 6.13. The van der Waals surface area contributed by atoms with E-state index < -0.39 is 0 Å². The molecule has 0 fully saturated rings. The Morgan fingerprint density at radius 3 is 1.86 bits per heavy atom. The number of hydrogen-bond acceptors (Lipinski definition) is 0. The Bertz CT molecular complexity index is 518. The highest BCUT2D eigenvalue weighted by Gasteiger charge is 2.09. The van der Waals surface area contributed by atoms with Gasteiger partial charge in [-0.3, -0.25) is 0 Å². The van der Waals surface area contributed by atoms with Crippen molar-refractivity contribution < 1.29 is 0 Å². The molecule has 0 heterocycles. The Kier molecular flexibility index (Phi) is 6.62. The van der Waals surface area contributed by atoms with Crippen LogP contribution in [0.15, 0.2) is 60.7 Å². The third-order valence-electron chi connectivity index (χ3n) is 3.67. The predicted molar refractivity (Wildman–Crippen MR) is 91.3 cm³/mol. The summed E-state index contributed by atoms with van der Waals surface area (Å²) in [5, 5.41) is 0. The van der Waals surface area contributed by atoms with Crippen LogP contribution in [0.2, 0.25) is 0 Å².